The monoisotopic (exact) mass is 316 g/mol. The molecule has 2 aromatic carbocycles. The number of fused-ring (bicyclic) bond motifs is 2. The van der Waals surface area contributed by atoms with Gasteiger partial charge in [0.05, 0.1) is 11.2 Å². The molecule has 4 aromatic rings. The predicted octanol–water partition coefficient (Wildman–Crippen LogP) is 4.68. The van der Waals surface area contributed by atoms with Crippen LogP contribution in [0.3, 0.4) is 0 Å². The third-order valence-corrected chi connectivity index (χ3v) is 4.31. The summed E-state index contributed by atoms with van der Waals surface area (Å²) in [7, 11) is 0. The van der Waals surface area contributed by atoms with E-state index in [-0.39, 0.29) is 0 Å². The smallest absolute Gasteiger partial charge is 0.116 e. The summed E-state index contributed by atoms with van der Waals surface area (Å²) in [5, 5.41) is 13.4. The van der Waals surface area contributed by atoms with Crippen LogP contribution in [0.5, 0.6) is 0 Å². The lowest BCUT2D eigenvalue weighted by atomic mass is 10.1. The van der Waals surface area contributed by atoms with E-state index in [1.165, 1.54) is 10.9 Å². The number of hydrogen-bond donors (Lipinski definition) is 3. The van der Waals surface area contributed by atoms with Crippen molar-refractivity contribution in [1.82, 2.24) is 20.5 Å². The van der Waals surface area contributed by atoms with Crippen LogP contribution < -0.4 is 5.32 Å². The van der Waals surface area contributed by atoms with Gasteiger partial charge in [-0.3, -0.25) is 5.10 Å². The van der Waals surface area contributed by atoms with Crippen LogP contribution in [0.25, 0.3) is 38.9 Å². The fourth-order valence-electron chi connectivity index (χ4n) is 3.15. The normalized spacial score (nSPS) is 12.2. The number of aromatic nitrogens is 3. The minimum atomic E-state index is 0.904. The molecular weight excluding hydrogens is 296 g/mol. The Kier molecular flexibility index (Phi) is 3.58. The largest absolute Gasteiger partial charge is 0.385 e. The number of aromatic amines is 2. The van der Waals surface area contributed by atoms with Crippen LogP contribution >= 0.6 is 0 Å². The van der Waals surface area contributed by atoms with Gasteiger partial charge >= 0.3 is 0 Å². The van der Waals surface area contributed by atoms with Crippen LogP contribution in [0, 0.1) is 0 Å². The van der Waals surface area contributed by atoms with E-state index in [1.54, 1.807) is 0 Å². The highest BCUT2D eigenvalue weighted by Crippen LogP contribution is 2.29. The lowest BCUT2D eigenvalue weighted by Crippen LogP contribution is -2.10. The van der Waals surface area contributed by atoms with Crippen molar-refractivity contribution in [3.05, 3.63) is 60.2 Å². The van der Waals surface area contributed by atoms with Crippen molar-refractivity contribution in [3.8, 4) is 11.4 Å². The maximum atomic E-state index is 4.54. The lowest BCUT2D eigenvalue weighted by Gasteiger charge is -2.08. The van der Waals surface area contributed by atoms with E-state index >= 15 is 0 Å². The molecule has 0 fully saturated rings. The fourth-order valence-corrected chi connectivity index (χ4v) is 3.15. The van der Waals surface area contributed by atoms with Crippen molar-refractivity contribution in [3.63, 3.8) is 0 Å². The molecule has 4 heteroatoms. The van der Waals surface area contributed by atoms with Crippen LogP contribution in [0.4, 0.5) is 0 Å². The first-order valence-electron chi connectivity index (χ1n) is 8.27. The molecule has 2 heterocycles. The van der Waals surface area contributed by atoms with Gasteiger partial charge in [-0.05, 0) is 43.7 Å². The number of para-hydroxylation sites is 1. The molecule has 0 amide bonds. The molecule has 4 rings (SSSR count). The van der Waals surface area contributed by atoms with Gasteiger partial charge in [0.25, 0.3) is 0 Å². The highest BCUT2D eigenvalue weighted by Gasteiger charge is 2.12. The number of allylic oxidation sites excluding steroid dienone is 1. The van der Waals surface area contributed by atoms with Crippen LogP contribution in [0.15, 0.2) is 54.6 Å². The Balaban J connectivity index is 1.80. The molecule has 24 heavy (non-hydrogen) atoms. The molecular formula is C20H20N4. The maximum absolute atomic E-state index is 4.54. The predicted molar refractivity (Wildman–Crippen MR) is 101 cm³/mol. The van der Waals surface area contributed by atoms with Crippen molar-refractivity contribution >= 4 is 27.5 Å². The van der Waals surface area contributed by atoms with Gasteiger partial charge in [0, 0.05) is 28.5 Å². The summed E-state index contributed by atoms with van der Waals surface area (Å²) in [4.78, 5) is 3.45. The van der Waals surface area contributed by atoms with Crippen LogP contribution in [-0.4, -0.2) is 21.7 Å². The van der Waals surface area contributed by atoms with E-state index in [0.29, 0.717) is 0 Å². The van der Waals surface area contributed by atoms with Crippen LogP contribution in [0.1, 0.15) is 19.4 Å². The van der Waals surface area contributed by atoms with E-state index < -0.39 is 0 Å². The molecule has 0 bridgehead atoms. The molecule has 0 atom stereocenters. The molecule has 0 unspecified atom stereocenters. The zero-order chi connectivity index (χ0) is 16.5. The van der Waals surface area contributed by atoms with E-state index in [4.69, 9.17) is 0 Å². The molecule has 2 aromatic heterocycles. The molecule has 120 valence electrons. The number of H-pyrrole nitrogens is 2. The summed E-state index contributed by atoms with van der Waals surface area (Å²) >= 11 is 0. The first-order valence-corrected chi connectivity index (χ1v) is 8.27. The molecule has 0 aliphatic rings. The Morgan fingerprint density at radius 3 is 2.79 bits per heavy atom. The molecule has 0 aliphatic heterocycles. The standard InChI is InChI=1S/C20H20N4/c1-3-16(21-4-2)14-9-10-15-18(11-14)23-24-20(15)19-12-13-7-5-6-8-17(13)22-19/h3,5-12,21-22H,4H2,1-2H3,(H,23,24)/b16-3-. The van der Waals surface area contributed by atoms with E-state index in [1.807, 2.05) is 19.1 Å². The number of benzene rings is 2. The molecule has 0 saturated carbocycles. The average Bonchev–Trinajstić information content (AvgIpc) is 3.22. The number of nitrogens with zero attached hydrogens (tertiary/aromatic N) is 1. The SMILES string of the molecule is C/C=C(\NCC)c1ccc2c(-c3cc4ccccc4[nH]3)n[nH]c2c1. The van der Waals surface area contributed by atoms with E-state index in [0.717, 1.165) is 40.0 Å². The van der Waals surface area contributed by atoms with Crippen molar-refractivity contribution in [2.45, 2.75) is 13.8 Å². The van der Waals surface area contributed by atoms with Gasteiger partial charge in [-0.1, -0.05) is 30.3 Å². The first kappa shape index (κ1) is 14.6. The van der Waals surface area contributed by atoms with E-state index in [9.17, 15) is 0 Å². The highest BCUT2D eigenvalue weighted by molar-refractivity contribution is 5.96. The van der Waals surface area contributed by atoms with Crippen molar-refractivity contribution in [1.29, 1.82) is 0 Å². The van der Waals surface area contributed by atoms with Gasteiger partial charge in [0.2, 0.25) is 0 Å². The second-order valence-corrected chi connectivity index (χ2v) is 5.84. The quantitative estimate of drug-likeness (QED) is 0.512. The Morgan fingerprint density at radius 2 is 2.00 bits per heavy atom. The molecule has 0 aliphatic carbocycles. The summed E-state index contributed by atoms with van der Waals surface area (Å²) in [5.74, 6) is 0. The molecule has 0 radical (unpaired) electrons. The van der Waals surface area contributed by atoms with Gasteiger partial charge < -0.3 is 10.3 Å². The highest BCUT2D eigenvalue weighted by atomic mass is 15.1. The minimum Gasteiger partial charge on any atom is -0.385 e. The topological polar surface area (TPSA) is 56.5 Å². The third-order valence-electron chi connectivity index (χ3n) is 4.31. The lowest BCUT2D eigenvalue weighted by molar-refractivity contribution is 0.938. The zero-order valence-corrected chi connectivity index (χ0v) is 13.9. The average molecular weight is 316 g/mol. The first-order chi connectivity index (χ1) is 11.8. The number of nitrogens with one attached hydrogen (secondary N) is 3. The summed E-state index contributed by atoms with van der Waals surface area (Å²) in [5.41, 5.74) is 6.47. The maximum Gasteiger partial charge on any atom is 0.116 e. The molecule has 0 spiro atoms. The molecule has 0 saturated heterocycles. The van der Waals surface area contributed by atoms with Crippen molar-refractivity contribution < 1.29 is 0 Å². The summed E-state index contributed by atoms with van der Waals surface area (Å²) < 4.78 is 0. The second-order valence-electron chi connectivity index (χ2n) is 5.84. The van der Waals surface area contributed by atoms with Gasteiger partial charge in [0.15, 0.2) is 0 Å². The number of rotatable bonds is 4. The van der Waals surface area contributed by atoms with Gasteiger partial charge in [0.1, 0.15) is 5.69 Å². The molecule has 4 nitrogen and oxygen atoms in total. The van der Waals surface area contributed by atoms with E-state index in [2.05, 4.69) is 69.9 Å². The summed E-state index contributed by atoms with van der Waals surface area (Å²) in [6, 6.07) is 16.8. The Morgan fingerprint density at radius 1 is 1.12 bits per heavy atom. The van der Waals surface area contributed by atoms with Crippen molar-refractivity contribution in [2.75, 3.05) is 6.54 Å². The minimum absolute atomic E-state index is 0.904. The Bertz CT molecular complexity index is 1000. The summed E-state index contributed by atoms with van der Waals surface area (Å²) in [6.45, 7) is 5.05. The Hall–Kier alpha value is -3.01. The Labute approximate surface area is 140 Å². The third kappa shape index (κ3) is 2.36. The number of hydrogen-bond acceptors (Lipinski definition) is 2. The zero-order valence-electron chi connectivity index (χ0n) is 13.9. The van der Waals surface area contributed by atoms with Crippen LogP contribution in [-0.2, 0) is 0 Å². The van der Waals surface area contributed by atoms with Crippen LogP contribution in [0.2, 0.25) is 0 Å². The van der Waals surface area contributed by atoms with Gasteiger partial charge in [-0.25, -0.2) is 0 Å². The second kappa shape index (κ2) is 5.89. The fraction of sp³-hybridized carbons (Fsp3) is 0.150. The summed E-state index contributed by atoms with van der Waals surface area (Å²) in [6.07, 6.45) is 2.10. The van der Waals surface area contributed by atoms with Gasteiger partial charge in [-0.2, -0.15) is 5.10 Å². The molecule has 3 N–H and O–H groups in total. The van der Waals surface area contributed by atoms with Gasteiger partial charge in [-0.15, -0.1) is 0 Å². The van der Waals surface area contributed by atoms with Crippen molar-refractivity contribution in [2.24, 2.45) is 0 Å².